The minimum absolute atomic E-state index is 0.0513. The lowest BCUT2D eigenvalue weighted by Crippen LogP contribution is -2.38. The molecule has 0 fully saturated rings. The molecule has 37 heavy (non-hydrogen) atoms. The Hall–Kier alpha value is -3.86. The summed E-state index contributed by atoms with van der Waals surface area (Å²) in [6.07, 6.45) is 4.45. The maximum absolute atomic E-state index is 14.0. The highest BCUT2D eigenvalue weighted by Crippen LogP contribution is 2.47. The Labute approximate surface area is 219 Å². The zero-order valence-electron chi connectivity index (χ0n) is 21.6. The molecule has 2 unspecified atom stereocenters. The van der Waals surface area contributed by atoms with E-state index in [2.05, 4.69) is 12.2 Å². The summed E-state index contributed by atoms with van der Waals surface area (Å²) in [6, 6.07) is 25.4. The van der Waals surface area contributed by atoms with Crippen molar-refractivity contribution in [2.75, 3.05) is 17.3 Å². The van der Waals surface area contributed by atoms with Crippen LogP contribution in [-0.2, 0) is 9.59 Å². The van der Waals surface area contributed by atoms with Gasteiger partial charge in [0.25, 0.3) is 0 Å². The Morgan fingerprint density at radius 2 is 1.65 bits per heavy atom. The number of Topliss-reactive ketones (excluding diaryl/α,β-unsaturated/α-hetero) is 1. The number of fused-ring (bicyclic) bond motifs is 1. The molecule has 0 bridgehead atoms. The van der Waals surface area contributed by atoms with Gasteiger partial charge in [0.05, 0.1) is 24.5 Å². The van der Waals surface area contributed by atoms with Gasteiger partial charge in [-0.1, -0.05) is 74.4 Å². The van der Waals surface area contributed by atoms with Crippen molar-refractivity contribution in [1.29, 1.82) is 0 Å². The van der Waals surface area contributed by atoms with Gasteiger partial charge in [-0.3, -0.25) is 14.5 Å². The molecule has 1 amide bonds. The van der Waals surface area contributed by atoms with Crippen molar-refractivity contribution in [3.05, 3.63) is 101 Å². The Morgan fingerprint density at radius 1 is 0.919 bits per heavy atom. The van der Waals surface area contributed by atoms with E-state index in [1.165, 1.54) is 0 Å². The first-order valence-electron chi connectivity index (χ1n) is 13.2. The summed E-state index contributed by atoms with van der Waals surface area (Å²) in [6.45, 7) is 2.14. The summed E-state index contributed by atoms with van der Waals surface area (Å²) >= 11 is 0. The van der Waals surface area contributed by atoms with Crippen molar-refractivity contribution in [3.8, 4) is 5.75 Å². The van der Waals surface area contributed by atoms with Crippen molar-refractivity contribution in [3.63, 3.8) is 0 Å². The Bertz CT molecular complexity index is 1300. The van der Waals surface area contributed by atoms with Gasteiger partial charge >= 0.3 is 0 Å². The lowest BCUT2D eigenvalue weighted by atomic mass is 9.78. The lowest BCUT2D eigenvalue weighted by molar-refractivity contribution is -0.119. The monoisotopic (exact) mass is 494 g/mol. The number of allylic oxidation sites excluding steroid dienone is 1. The molecule has 5 nitrogen and oxygen atoms in total. The van der Waals surface area contributed by atoms with Crippen LogP contribution in [0.3, 0.4) is 0 Å². The Kier molecular flexibility index (Phi) is 7.40. The van der Waals surface area contributed by atoms with Crippen molar-refractivity contribution in [2.45, 2.75) is 57.4 Å². The average Bonchev–Trinajstić information content (AvgIpc) is 3.08. The molecule has 0 saturated heterocycles. The van der Waals surface area contributed by atoms with Gasteiger partial charge in [-0.15, -0.1) is 0 Å². The van der Waals surface area contributed by atoms with E-state index < -0.39 is 6.04 Å². The Morgan fingerprint density at radius 3 is 2.38 bits per heavy atom. The maximum Gasteiger partial charge on any atom is 0.227 e. The van der Waals surface area contributed by atoms with Crippen LogP contribution in [0.1, 0.15) is 68.5 Å². The molecular formula is C32H34N2O3. The van der Waals surface area contributed by atoms with Crippen LogP contribution >= 0.6 is 0 Å². The molecule has 0 radical (unpaired) electrons. The number of carbonyl (C=O) groups is 2. The van der Waals surface area contributed by atoms with Crippen molar-refractivity contribution < 1.29 is 14.3 Å². The summed E-state index contributed by atoms with van der Waals surface area (Å²) in [5.74, 6) is 0.992. The number of nitrogens with zero attached hydrogens (tertiary/aromatic N) is 1. The fourth-order valence-electron chi connectivity index (χ4n) is 5.57. The molecule has 5 rings (SSSR count). The normalized spacial score (nSPS) is 19.0. The quantitative estimate of drug-likeness (QED) is 0.354. The van der Waals surface area contributed by atoms with Crippen LogP contribution in [0.5, 0.6) is 5.75 Å². The van der Waals surface area contributed by atoms with Crippen molar-refractivity contribution in [1.82, 2.24) is 0 Å². The van der Waals surface area contributed by atoms with E-state index in [1.807, 2.05) is 83.8 Å². The van der Waals surface area contributed by atoms with Crippen LogP contribution in [0.4, 0.5) is 11.4 Å². The topological polar surface area (TPSA) is 58.6 Å². The number of ketones is 1. The number of nitrogens with one attached hydrogen (secondary N) is 1. The van der Waals surface area contributed by atoms with E-state index in [1.54, 1.807) is 7.11 Å². The molecule has 3 aromatic rings. The molecule has 190 valence electrons. The molecule has 1 heterocycles. The fraction of sp³-hybridized carbons (Fsp3) is 0.312. The number of methoxy groups -OCH3 is 1. The highest BCUT2D eigenvalue weighted by atomic mass is 16.5. The molecule has 0 saturated carbocycles. The Balaban J connectivity index is 1.62. The first-order chi connectivity index (χ1) is 18.1. The number of rotatable bonds is 7. The molecule has 2 atom stereocenters. The molecule has 1 aliphatic carbocycles. The van der Waals surface area contributed by atoms with Crippen LogP contribution < -0.4 is 15.0 Å². The van der Waals surface area contributed by atoms with E-state index in [0.29, 0.717) is 24.8 Å². The predicted molar refractivity (Wildman–Crippen MR) is 148 cm³/mol. The van der Waals surface area contributed by atoms with Crippen LogP contribution in [0, 0.1) is 0 Å². The van der Waals surface area contributed by atoms with Crippen molar-refractivity contribution >= 4 is 23.1 Å². The largest absolute Gasteiger partial charge is 0.497 e. The van der Waals surface area contributed by atoms with Crippen LogP contribution in [0.25, 0.3) is 0 Å². The molecule has 2 aliphatic rings. The van der Waals surface area contributed by atoms with Gasteiger partial charge in [0.1, 0.15) is 5.75 Å². The smallest absolute Gasteiger partial charge is 0.227 e. The summed E-state index contributed by atoms with van der Waals surface area (Å²) in [5.41, 5.74) is 5.36. The summed E-state index contributed by atoms with van der Waals surface area (Å²) in [5, 5.41) is 3.61. The summed E-state index contributed by atoms with van der Waals surface area (Å²) < 4.78 is 5.33. The minimum Gasteiger partial charge on any atom is -0.497 e. The third-order valence-corrected chi connectivity index (χ3v) is 7.45. The zero-order valence-corrected chi connectivity index (χ0v) is 21.6. The van der Waals surface area contributed by atoms with Gasteiger partial charge in [-0.05, 0) is 54.2 Å². The van der Waals surface area contributed by atoms with Gasteiger partial charge in [0.2, 0.25) is 5.91 Å². The number of anilines is 2. The molecule has 1 aliphatic heterocycles. The number of ether oxygens (including phenoxy) is 1. The first kappa shape index (κ1) is 24.8. The minimum atomic E-state index is -0.467. The highest BCUT2D eigenvalue weighted by molar-refractivity contribution is 6.06. The molecule has 1 N–H and O–H groups in total. The molecular weight excluding hydrogens is 460 g/mol. The summed E-state index contributed by atoms with van der Waals surface area (Å²) in [4.78, 5) is 29.7. The van der Waals surface area contributed by atoms with E-state index in [0.717, 1.165) is 53.2 Å². The second kappa shape index (κ2) is 11.0. The SMILES string of the molecule is CCCCCC(=O)N1c2ccccc2NC2=C(C(=O)CC(c3ccc(OC)cc3)C2)C1c1ccccc1. The summed E-state index contributed by atoms with van der Waals surface area (Å²) in [7, 11) is 1.65. The fourth-order valence-corrected chi connectivity index (χ4v) is 5.57. The number of benzene rings is 3. The first-order valence-corrected chi connectivity index (χ1v) is 13.2. The second-order valence-electron chi connectivity index (χ2n) is 9.87. The van der Waals surface area contributed by atoms with Crippen LogP contribution in [0.15, 0.2) is 90.1 Å². The standard InChI is InChI=1S/C32H34N2O3/c1-3-4-6-15-30(36)34-28-14-10-9-13-26(28)33-27-20-24(22-16-18-25(37-2)19-17-22)21-29(35)31(27)32(34)23-11-7-5-8-12-23/h5,7-14,16-19,24,32-33H,3-4,6,15,20-21H2,1-2H3. The van der Waals surface area contributed by atoms with Gasteiger partial charge in [0, 0.05) is 24.1 Å². The highest BCUT2D eigenvalue weighted by Gasteiger charge is 2.41. The number of hydrogen-bond acceptors (Lipinski definition) is 4. The lowest BCUT2D eigenvalue weighted by Gasteiger charge is -2.35. The van der Waals surface area contributed by atoms with Crippen LogP contribution in [-0.4, -0.2) is 18.8 Å². The van der Waals surface area contributed by atoms with E-state index in [9.17, 15) is 9.59 Å². The van der Waals surface area contributed by atoms with E-state index in [-0.39, 0.29) is 17.6 Å². The number of hydrogen-bond donors (Lipinski definition) is 1. The van der Waals surface area contributed by atoms with Gasteiger partial charge in [-0.25, -0.2) is 0 Å². The predicted octanol–water partition coefficient (Wildman–Crippen LogP) is 7.18. The maximum atomic E-state index is 14.0. The number of unbranched alkanes of at least 4 members (excludes halogenated alkanes) is 2. The van der Waals surface area contributed by atoms with Crippen LogP contribution in [0.2, 0.25) is 0 Å². The third kappa shape index (κ3) is 5.04. The number of para-hydroxylation sites is 2. The van der Waals surface area contributed by atoms with Gasteiger partial charge in [0.15, 0.2) is 5.78 Å². The van der Waals surface area contributed by atoms with Gasteiger partial charge in [-0.2, -0.15) is 0 Å². The second-order valence-corrected chi connectivity index (χ2v) is 9.87. The molecule has 0 spiro atoms. The van der Waals surface area contributed by atoms with Gasteiger partial charge < -0.3 is 10.1 Å². The van der Waals surface area contributed by atoms with Crippen molar-refractivity contribution in [2.24, 2.45) is 0 Å². The number of amides is 1. The molecule has 3 aromatic carbocycles. The zero-order chi connectivity index (χ0) is 25.8. The molecule has 0 aromatic heterocycles. The third-order valence-electron chi connectivity index (χ3n) is 7.45. The molecule has 5 heteroatoms. The van der Waals surface area contributed by atoms with E-state index in [4.69, 9.17) is 4.74 Å². The van der Waals surface area contributed by atoms with E-state index >= 15 is 0 Å². The average molecular weight is 495 g/mol. The number of carbonyl (C=O) groups excluding carboxylic acids is 2.